The van der Waals surface area contributed by atoms with Gasteiger partial charge < -0.3 is 4.90 Å². The topological polar surface area (TPSA) is 20.3 Å². The zero-order valence-electron chi connectivity index (χ0n) is 8.49. The summed E-state index contributed by atoms with van der Waals surface area (Å²) in [7, 11) is 0. The zero-order valence-corrected chi connectivity index (χ0v) is 8.49. The van der Waals surface area contributed by atoms with Gasteiger partial charge >= 0.3 is 0 Å². The van der Waals surface area contributed by atoms with E-state index < -0.39 is 0 Å². The smallest absolute Gasteiger partial charge is 0.253 e. The van der Waals surface area contributed by atoms with E-state index >= 15 is 0 Å². The number of likely N-dealkylation sites (tertiary alicyclic amines) is 1. The van der Waals surface area contributed by atoms with Gasteiger partial charge in [0.05, 0.1) is 0 Å². The number of aryl methyl sites for hydroxylation is 1. The first-order chi connectivity index (χ1) is 6.81. The molecule has 0 aliphatic carbocycles. The Bertz CT molecular complexity index is 342. The Morgan fingerprint density at radius 1 is 1.43 bits per heavy atom. The molecule has 0 atom stereocenters. The van der Waals surface area contributed by atoms with Gasteiger partial charge in [-0.15, -0.1) is 0 Å². The summed E-state index contributed by atoms with van der Waals surface area (Å²) in [4.78, 5) is 13.7. The van der Waals surface area contributed by atoms with Crippen molar-refractivity contribution < 1.29 is 4.79 Å². The molecule has 1 heterocycles. The molecular weight excluding hydrogens is 174 g/mol. The maximum atomic E-state index is 11.8. The summed E-state index contributed by atoms with van der Waals surface area (Å²) in [5, 5.41) is 0. The molecule has 0 bridgehead atoms. The van der Waals surface area contributed by atoms with Crippen LogP contribution in [-0.4, -0.2) is 23.9 Å². The van der Waals surface area contributed by atoms with Gasteiger partial charge in [0.2, 0.25) is 0 Å². The molecule has 0 unspecified atom stereocenters. The summed E-state index contributed by atoms with van der Waals surface area (Å²) < 4.78 is 0. The summed E-state index contributed by atoms with van der Waals surface area (Å²) in [5.74, 6) is 0.187. The first-order valence-corrected chi connectivity index (χ1v) is 5.19. The Labute approximate surface area is 84.5 Å². The van der Waals surface area contributed by atoms with Crippen molar-refractivity contribution in [1.82, 2.24) is 4.90 Å². The molecule has 1 fully saturated rings. The van der Waals surface area contributed by atoms with Gasteiger partial charge in [-0.05, 0) is 30.5 Å². The SMILES string of the molecule is CCc1cccc(C(=O)N2CCC2)c1. The van der Waals surface area contributed by atoms with Crippen molar-refractivity contribution in [3.63, 3.8) is 0 Å². The van der Waals surface area contributed by atoms with Gasteiger partial charge in [-0.3, -0.25) is 4.79 Å². The molecule has 1 aliphatic rings. The Balaban J connectivity index is 2.18. The summed E-state index contributed by atoms with van der Waals surface area (Å²) in [5.41, 5.74) is 2.07. The first-order valence-electron chi connectivity index (χ1n) is 5.19. The van der Waals surface area contributed by atoms with E-state index in [-0.39, 0.29) is 5.91 Å². The van der Waals surface area contributed by atoms with E-state index in [1.54, 1.807) is 0 Å². The van der Waals surface area contributed by atoms with Crippen molar-refractivity contribution in [1.29, 1.82) is 0 Å². The van der Waals surface area contributed by atoms with Crippen LogP contribution in [0.15, 0.2) is 24.3 Å². The highest BCUT2D eigenvalue weighted by Gasteiger charge is 2.21. The fourth-order valence-electron chi connectivity index (χ4n) is 1.63. The molecule has 1 amide bonds. The number of rotatable bonds is 2. The van der Waals surface area contributed by atoms with E-state index in [0.29, 0.717) is 0 Å². The van der Waals surface area contributed by atoms with Crippen molar-refractivity contribution in [2.24, 2.45) is 0 Å². The molecule has 1 aromatic rings. The van der Waals surface area contributed by atoms with Crippen LogP contribution in [0.25, 0.3) is 0 Å². The van der Waals surface area contributed by atoms with E-state index in [0.717, 1.165) is 31.5 Å². The molecule has 74 valence electrons. The van der Waals surface area contributed by atoms with Crippen LogP contribution in [0.4, 0.5) is 0 Å². The first kappa shape index (κ1) is 9.25. The number of carbonyl (C=O) groups excluding carboxylic acids is 1. The quantitative estimate of drug-likeness (QED) is 0.697. The number of hydrogen-bond acceptors (Lipinski definition) is 1. The molecule has 2 nitrogen and oxygen atoms in total. The minimum absolute atomic E-state index is 0.187. The van der Waals surface area contributed by atoms with E-state index in [1.165, 1.54) is 5.56 Å². The molecule has 1 aromatic carbocycles. The molecule has 1 aliphatic heterocycles. The zero-order chi connectivity index (χ0) is 9.97. The fraction of sp³-hybridized carbons (Fsp3) is 0.417. The van der Waals surface area contributed by atoms with Crippen LogP contribution in [-0.2, 0) is 6.42 Å². The van der Waals surface area contributed by atoms with Gasteiger partial charge in [0.1, 0.15) is 0 Å². The van der Waals surface area contributed by atoms with Gasteiger partial charge in [-0.1, -0.05) is 19.1 Å². The monoisotopic (exact) mass is 189 g/mol. The molecule has 2 heteroatoms. The fourth-order valence-corrected chi connectivity index (χ4v) is 1.63. The maximum absolute atomic E-state index is 11.8. The number of amides is 1. The molecule has 14 heavy (non-hydrogen) atoms. The summed E-state index contributed by atoms with van der Waals surface area (Å²) in [6, 6.07) is 7.93. The second kappa shape index (κ2) is 3.82. The van der Waals surface area contributed by atoms with E-state index in [2.05, 4.69) is 13.0 Å². The van der Waals surface area contributed by atoms with E-state index in [1.807, 2.05) is 23.1 Å². The minimum atomic E-state index is 0.187. The van der Waals surface area contributed by atoms with Crippen molar-refractivity contribution >= 4 is 5.91 Å². The lowest BCUT2D eigenvalue weighted by molar-refractivity contribution is 0.0651. The van der Waals surface area contributed by atoms with Gasteiger partial charge in [0.25, 0.3) is 5.91 Å². The van der Waals surface area contributed by atoms with Crippen LogP contribution in [0.3, 0.4) is 0 Å². The molecule has 0 radical (unpaired) electrons. The molecule has 0 spiro atoms. The largest absolute Gasteiger partial charge is 0.339 e. The third-order valence-electron chi connectivity index (χ3n) is 2.73. The molecule has 0 N–H and O–H groups in total. The molecule has 0 saturated carbocycles. The molecule has 0 aromatic heterocycles. The highest BCUT2D eigenvalue weighted by molar-refractivity contribution is 5.94. The van der Waals surface area contributed by atoms with E-state index in [4.69, 9.17) is 0 Å². The number of hydrogen-bond donors (Lipinski definition) is 0. The van der Waals surface area contributed by atoms with Crippen molar-refractivity contribution in [2.75, 3.05) is 13.1 Å². The molecular formula is C12H15NO. The minimum Gasteiger partial charge on any atom is -0.339 e. The lowest BCUT2D eigenvalue weighted by atomic mass is 10.1. The number of benzene rings is 1. The maximum Gasteiger partial charge on any atom is 0.253 e. The summed E-state index contributed by atoms with van der Waals surface area (Å²) in [6.07, 6.45) is 2.14. The third-order valence-corrected chi connectivity index (χ3v) is 2.73. The van der Waals surface area contributed by atoms with Crippen molar-refractivity contribution in [3.8, 4) is 0 Å². The van der Waals surface area contributed by atoms with Gasteiger partial charge in [-0.2, -0.15) is 0 Å². The average molecular weight is 189 g/mol. The Morgan fingerprint density at radius 3 is 2.79 bits per heavy atom. The lowest BCUT2D eigenvalue weighted by Crippen LogP contribution is -2.42. The Morgan fingerprint density at radius 2 is 2.21 bits per heavy atom. The van der Waals surface area contributed by atoms with Crippen molar-refractivity contribution in [3.05, 3.63) is 35.4 Å². The van der Waals surface area contributed by atoms with E-state index in [9.17, 15) is 4.79 Å². The van der Waals surface area contributed by atoms with Crippen LogP contribution in [0.2, 0.25) is 0 Å². The average Bonchev–Trinajstić information content (AvgIpc) is 2.15. The van der Waals surface area contributed by atoms with Crippen molar-refractivity contribution in [2.45, 2.75) is 19.8 Å². The van der Waals surface area contributed by atoms with Crippen LogP contribution < -0.4 is 0 Å². The summed E-state index contributed by atoms with van der Waals surface area (Å²) in [6.45, 7) is 3.96. The summed E-state index contributed by atoms with van der Waals surface area (Å²) >= 11 is 0. The highest BCUT2D eigenvalue weighted by atomic mass is 16.2. The van der Waals surface area contributed by atoms with Gasteiger partial charge in [0, 0.05) is 18.7 Å². The Kier molecular flexibility index (Phi) is 2.53. The molecule has 2 rings (SSSR count). The van der Waals surface area contributed by atoms with Crippen LogP contribution in [0.1, 0.15) is 29.3 Å². The predicted octanol–water partition coefficient (Wildman–Crippen LogP) is 2.09. The van der Waals surface area contributed by atoms with Crippen LogP contribution in [0.5, 0.6) is 0 Å². The number of carbonyl (C=O) groups is 1. The predicted molar refractivity (Wildman–Crippen MR) is 56.3 cm³/mol. The van der Waals surface area contributed by atoms with Crippen LogP contribution in [0, 0.1) is 0 Å². The third kappa shape index (κ3) is 1.65. The highest BCUT2D eigenvalue weighted by Crippen LogP contribution is 2.13. The molecule has 1 saturated heterocycles. The second-order valence-electron chi connectivity index (χ2n) is 3.70. The van der Waals surface area contributed by atoms with Gasteiger partial charge in [-0.25, -0.2) is 0 Å². The standard InChI is InChI=1S/C12H15NO/c1-2-10-5-3-6-11(9-10)12(14)13-7-4-8-13/h3,5-6,9H,2,4,7-8H2,1H3. The normalized spacial score (nSPS) is 15.1. The Hall–Kier alpha value is -1.31. The van der Waals surface area contributed by atoms with Crippen LogP contribution >= 0.6 is 0 Å². The second-order valence-corrected chi connectivity index (χ2v) is 3.70. The lowest BCUT2D eigenvalue weighted by Gasteiger charge is -2.31. The number of nitrogens with zero attached hydrogens (tertiary/aromatic N) is 1. The van der Waals surface area contributed by atoms with Gasteiger partial charge in [0.15, 0.2) is 0 Å².